The number of aliphatic hydroxyl groups is 1. The molecule has 10 heteroatoms. The molecule has 1 atom stereocenters. The average Bonchev–Trinajstić information content (AvgIpc) is 3.10. The molecule has 5 rings (SSSR count). The largest absolute Gasteiger partial charge is 0.372 e. The minimum atomic E-state index is -2.31. The first-order chi connectivity index (χ1) is 17.7. The number of carbonyl (C=O) groups excluding carboxylic acids is 2. The van der Waals surface area contributed by atoms with Gasteiger partial charge in [-0.15, -0.1) is 0 Å². The van der Waals surface area contributed by atoms with Crippen LogP contribution in [0.3, 0.4) is 0 Å². The Morgan fingerprint density at radius 3 is 2.59 bits per heavy atom. The fraction of sp³-hybridized carbons (Fsp3) is 0.296. The first-order valence-corrected chi connectivity index (χ1v) is 13.1. The summed E-state index contributed by atoms with van der Waals surface area (Å²) in [6, 6.07) is 11.6. The maximum Gasteiger partial charge on any atom is 0.268 e. The van der Waals surface area contributed by atoms with E-state index >= 15 is 0 Å². The molecule has 2 heterocycles. The van der Waals surface area contributed by atoms with Crippen LogP contribution in [0.25, 0.3) is 0 Å². The Morgan fingerprint density at radius 2 is 1.84 bits per heavy atom. The van der Waals surface area contributed by atoms with E-state index in [1.165, 1.54) is 23.2 Å². The molecule has 2 N–H and O–H groups in total. The molecule has 1 saturated carbocycles. The van der Waals surface area contributed by atoms with Gasteiger partial charge in [0.15, 0.2) is 17.2 Å². The third-order valence-electron chi connectivity index (χ3n) is 7.15. The third-order valence-corrected chi connectivity index (χ3v) is 7.99. The third kappa shape index (κ3) is 4.64. The van der Waals surface area contributed by atoms with E-state index in [0.29, 0.717) is 40.3 Å². The molecule has 2 aliphatic rings. The number of para-hydroxylation sites is 1. The van der Waals surface area contributed by atoms with Gasteiger partial charge in [0.1, 0.15) is 4.60 Å². The van der Waals surface area contributed by atoms with Gasteiger partial charge in [-0.1, -0.05) is 41.9 Å². The van der Waals surface area contributed by atoms with Crippen LogP contribution in [0, 0.1) is 17.6 Å². The van der Waals surface area contributed by atoms with Gasteiger partial charge in [-0.3, -0.25) is 9.59 Å². The molecule has 1 aliphatic carbocycles. The van der Waals surface area contributed by atoms with Gasteiger partial charge in [0, 0.05) is 29.9 Å². The van der Waals surface area contributed by atoms with E-state index in [1.54, 1.807) is 30.3 Å². The molecule has 1 aromatic heterocycles. The molecular weight excluding hydrogens is 568 g/mol. The fourth-order valence-corrected chi connectivity index (χ4v) is 5.81. The molecule has 1 fully saturated rings. The number of benzene rings is 2. The first-order valence-electron chi connectivity index (χ1n) is 11.9. The SMILES string of the molecule is O=C(NC1CCC(CN2C(=O)C(O)(c3cccc(F)c3F)c3ccccc32)CC1)c1cc(Cl)cnc1Br. The summed E-state index contributed by atoms with van der Waals surface area (Å²) in [6.07, 6.45) is 4.33. The minimum Gasteiger partial charge on any atom is -0.372 e. The van der Waals surface area contributed by atoms with Gasteiger partial charge in [0.25, 0.3) is 11.8 Å². The smallest absolute Gasteiger partial charge is 0.268 e. The quantitative estimate of drug-likeness (QED) is 0.393. The summed E-state index contributed by atoms with van der Waals surface area (Å²) in [4.78, 5) is 31.8. The van der Waals surface area contributed by atoms with E-state index in [2.05, 4.69) is 26.2 Å². The highest BCUT2D eigenvalue weighted by Crippen LogP contribution is 2.46. The van der Waals surface area contributed by atoms with Crippen LogP contribution in [0.4, 0.5) is 14.5 Å². The molecule has 37 heavy (non-hydrogen) atoms. The number of aromatic nitrogens is 1. The van der Waals surface area contributed by atoms with Gasteiger partial charge in [0.05, 0.1) is 16.3 Å². The molecule has 1 unspecified atom stereocenters. The number of carbonyl (C=O) groups is 2. The number of halogens is 4. The highest BCUT2D eigenvalue weighted by atomic mass is 79.9. The Labute approximate surface area is 225 Å². The molecule has 6 nitrogen and oxygen atoms in total. The lowest BCUT2D eigenvalue weighted by molar-refractivity contribution is -0.132. The zero-order valence-electron chi connectivity index (χ0n) is 19.6. The second-order valence-electron chi connectivity index (χ2n) is 9.43. The van der Waals surface area contributed by atoms with Crippen molar-refractivity contribution in [3.05, 3.63) is 92.7 Å². The maximum atomic E-state index is 14.7. The van der Waals surface area contributed by atoms with Crippen LogP contribution >= 0.6 is 27.5 Å². The number of nitrogens with one attached hydrogen (secondary N) is 1. The number of hydrogen-bond donors (Lipinski definition) is 2. The Balaban J connectivity index is 1.29. The molecule has 0 saturated heterocycles. The van der Waals surface area contributed by atoms with E-state index < -0.39 is 28.7 Å². The molecule has 0 spiro atoms. The Morgan fingerprint density at radius 1 is 1.14 bits per heavy atom. The van der Waals surface area contributed by atoms with Crippen molar-refractivity contribution in [2.24, 2.45) is 5.92 Å². The summed E-state index contributed by atoms with van der Waals surface area (Å²) in [5.41, 5.74) is -1.65. The van der Waals surface area contributed by atoms with E-state index in [0.717, 1.165) is 18.9 Å². The summed E-state index contributed by atoms with van der Waals surface area (Å²) < 4.78 is 29.1. The van der Waals surface area contributed by atoms with Crippen molar-refractivity contribution in [1.82, 2.24) is 10.3 Å². The lowest BCUT2D eigenvalue weighted by atomic mass is 9.85. The molecular formula is C27H23BrClF2N3O3. The topological polar surface area (TPSA) is 82.5 Å². The van der Waals surface area contributed by atoms with Crippen molar-refractivity contribution < 1.29 is 23.5 Å². The second kappa shape index (κ2) is 10.1. The normalized spacial score (nSPS) is 23.2. The zero-order chi connectivity index (χ0) is 26.3. The molecule has 2 aromatic carbocycles. The number of hydrogen-bond acceptors (Lipinski definition) is 4. The van der Waals surface area contributed by atoms with Crippen molar-refractivity contribution in [1.29, 1.82) is 0 Å². The van der Waals surface area contributed by atoms with Gasteiger partial charge in [-0.05, 0) is 65.7 Å². The Bertz CT molecular complexity index is 1380. The molecule has 2 amide bonds. The number of nitrogens with zero attached hydrogens (tertiary/aromatic N) is 2. The van der Waals surface area contributed by atoms with Crippen LogP contribution in [0.5, 0.6) is 0 Å². The van der Waals surface area contributed by atoms with Crippen molar-refractivity contribution >= 4 is 45.0 Å². The lowest BCUT2D eigenvalue weighted by Crippen LogP contribution is -2.45. The summed E-state index contributed by atoms with van der Waals surface area (Å²) in [7, 11) is 0. The van der Waals surface area contributed by atoms with E-state index in [-0.39, 0.29) is 23.4 Å². The molecule has 192 valence electrons. The van der Waals surface area contributed by atoms with E-state index in [1.807, 2.05) is 0 Å². The monoisotopic (exact) mass is 589 g/mol. The maximum absolute atomic E-state index is 14.7. The lowest BCUT2D eigenvalue weighted by Gasteiger charge is -2.32. The first kappa shape index (κ1) is 25.8. The summed E-state index contributed by atoms with van der Waals surface area (Å²) >= 11 is 9.25. The van der Waals surface area contributed by atoms with Crippen molar-refractivity contribution in [2.75, 3.05) is 11.4 Å². The van der Waals surface area contributed by atoms with Gasteiger partial charge in [-0.25, -0.2) is 13.8 Å². The second-order valence-corrected chi connectivity index (χ2v) is 10.6. The Kier molecular flexibility index (Phi) is 7.04. The van der Waals surface area contributed by atoms with Gasteiger partial charge < -0.3 is 15.3 Å². The summed E-state index contributed by atoms with van der Waals surface area (Å²) in [6.45, 7) is 0.319. The number of amides is 2. The van der Waals surface area contributed by atoms with Crippen LogP contribution in [-0.2, 0) is 10.4 Å². The van der Waals surface area contributed by atoms with Gasteiger partial charge >= 0.3 is 0 Å². The summed E-state index contributed by atoms with van der Waals surface area (Å²) in [5, 5.41) is 14.9. The fourth-order valence-electron chi connectivity index (χ4n) is 5.25. The van der Waals surface area contributed by atoms with Gasteiger partial charge in [-0.2, -0.15) is 0 Å². The van der Waals surface area contributed by atoms with Crippen LogP contribution in [0.2, 0.25) is 5.02 Å². The van der Waals surface area contributed by atoms with Crippen LogP contribution in [0.15, 0.2) is 59.3 Å². The average molecular weight is 591 g/mol. The summed E-state index contributed by atoms with van der Waals surface area (Å²) in [5.74, 6) is -3.24. The predicted molar refractivity (Wildman–Crippen MR) is 138 cm³/mol. The number of anilines is 1. The minimum absolute atomic E-state index is 0.0467. The van der Waals surface area contributed by atoms with Crippen LogP contribution in [-0.4, -0.2) is 34.5 Å². The van der Waals surface area contributed by atoms with Crippen molar-refractivity contribution in [3.63, 3.8) is 0 Å². The molecule has 0 bridgehead atoms. The van der Waals surface area contributed by atoms with Crippen molar-refractivity contribution in [3.8, 4) is 0 Å². The predicted octanol–water partition coefficient (Wildman–Crippen LogP) is 5.35. The Hall–Kier alpha value is -2.88. The van der Waals surface area contributed by atoms with Gasteiger partial charge in [0.2, 0.25) is 0 Å². The number of pyridine rings is 1. The standard InChI is InChI=1S/C27H23BrClF2N3O3/c28-24-18(12-16(29)13-32-24)25(35)33-17-10-8-15(9-11-17)14-34-22-7-2-1-4-19(22)27(37,26(34)36)20-5-3-6-21(30)23(20)31/h1-7,12-13,15,17,37H,8-11,14H2,(H,33,35). The highest BCUT2D eigenvalue weighted by Gasteiger charge is 2.53. The molecule has 3 aromatic rings. The van der Waals surface area contributed by atoms with E-state index in [9.17, 15) is 23.5 Å². The van der Waals surface area contributed by atoms with Crippen LogP contribution in [0.1, 0.15) is 47.2 Å². The van der Waals surface area contributed by atoms with E-state index in [4.69, 9.17) is 11.6 Å². The molecule has 0 radical (unpaired) electrons. The molecule has 1 aliphatic heterocycles. The highest BCUT2D eigenvalue weighted by molar-refractivity contribution is 9.10. The number of fused-ring (bicyclic) bond motifs is 1. The van der Waals surface area contributed by atoms with Crippen molar-refractivity contribution in [2.45, 2.75) is 37.3 Å². The number of rotatable bonds is 5. The van der Waals surface area contributed by atoms with Crippen LogP contribution < -0.4 is 10.2 Å². The zero-order valence-corrected chi connectivity index (χ0v) is 21.9.